The van der Waals surface area contributed by atoms with Crippen LogP contribution in [-0.4, -0.2) is 55.9 Å². The van der Waals surface area contributed by atoms with E-state index >= 15 is 0 Å². The van der Waals surface area contributed by atoms with Gasteiger partial charge in [0.05, 0.1) is 11.9 Å². The number of rotatable bonds is 8. The van der Waals surface area contributed by atoms with Crippen molar-refractivity contribution in [2.24, 2.45) is 5.92 Å². The first-order valence-electron chi connectivity index (χ1n) is 5.83. The van der Waals surface area contributed by atoms with E-state index in [0.717, 1.165) is 4.31 Å². The number of carboxylic acid groups (broad SMARTS) is 1. The minimum atomic E-state index is -3.63. The van der Waals surface area contributed by atoms with Crippen LogP contribution in [0, 0.1) is 5.92 Å². The molecule has 108 valence electrons. The smallest absolute Gasteiger partial charge is 0.321 e. The summed E-state index contributed by atoms with van der Waals surface area (Å²) in [5.41, 5.74) is 0. The highest BCUT2D eigenvalue weighted by atomic mass is 32.2. The molecule has 0 aromatic carbocycles. The summed E-state index contributed by atoms with van der Waals surface area (Å²) in [6.45, 7) is 5.29. The van der Waals surface area contributed by atoms with Gasteiger partial charge in [-0.2, -0.15) is 4.31 Å². The van der Waals surface area contributed by atoms with E-state index in [4.69, 9.17) is 9.84 Å². The molecule has 0 radical (unpaired) electrons. The Morgan fingerprint density at radius 3 is 2.17 bits per heavy atom. The van der Waals surface area contributed by atoms with Gasteiger partial charge in [0.15, 0.2) is 0 Å². The number of carboxylic acids is 1. The molecule has 0 fully saturated rings. The van der Waals surface area contributed by atoms with E-state index in [-0.39, 0.29) is 5.75 Å². The quantitative estimate of drug-likeness (QED) is 0.711. The minimum absolute atomic E-state index is 0.199. The standard InChI is InChI=1S/C11H23NO5S/c1-8(2)6-10(17-5)7-18(15,16)12(4)9(3)11(13)14/h8-10H,6-7H2,1-5H3,(H,13,14). The Bertz CT molecular complexity index is 366. The number of aliphatic carboxylic acids is 1. The number of ether oxygens (including phenoxy) is 1. The summed E-state index contributed by atoms with van der Waals surface area (Å²) in [4.78, 5) is 10.8. The van der Waals surface area contributed by atoms with Gasteiger partial charge >= 0.3 is 5.97 Å². The minimum Gasteiger partial charge on any atom is -0.480 e. The van der Waals surface area contributed by atoms with E-state index in [9.17, 15) is 13.2 Å². The van der Waals surface area contributed by atoms with Crippen LogP contribution in [0.25, 0.3) is 0 Å². The highest BCUT2D eigenvalue weighted by molar-refractivity contribution is 7.89. The molecular weight excluding hydrogens is 258 g/mol. The summed E-state index contributed by atoms with van der Waals surface area (Å²) in [5, 5.41) is 8.82. The van der Waals surface area contributed by atoms with Gasteiger partial charge in [-0.1, -0.05) is 13.8 Å². The van der Waals surface area contributed by atoms with Crippen LogP contribution in [0.4, 0.5) is 0 Å². The summed E-state index contributed by atoms with van der Waals surface area (Å²) in [5.74, 6) is -1.05. The Morgan fingerprint density at radius 1 is 1.33 bits per heavy atom. The highest BCUT2D eigenvalue weighted by Gasteiger charge is 2.30. The SMILES string of the molecule is COC(CC(C)C)CS(=O)(=O)N(C)C(C)C(=O)O. The summed E-state index contributed by atoms with van der Waals surface area (Å²) in [7, 11) is -0.898. The third-order valence-electron chi connectivity index (χ3n) is 2.81. The van der Waals surface area contributed by atoms with Crippen LogP contribution in [0.15, 0.2) is 0 Å². The maximum Gasteiger partial charge on any atom is 0.321 e. The van der Waals surface area contributed by atoms with Gasteiger partial charge in [-0.3, -0.25) is 4.79 Å². The van der Waals surface area contributed by atoms with Gasteiger partial charge in [-0.05, 0) is 19.3 Å². The van der Waals surface area contributed by atoms with E-state index in [2.05, 4.69) is 0 Å². The van der Waals surface area contributed by atoms with E-state index < -0.39 is 28.1 Å². The Morgan fingerprint density at radius 2 is 1.83 bits per heavy atom. The summed E-state index contributed by atoms with van der Waals surface area (Å²) >= 11 is 0. The maximum absolute atomic E-state index is 12.0. The van der Waals surface area contributed by atoms with Crippen LogP contribution in [0.3, 0.4) is 0 Å². The fourth-order valence-corrected chi connectivity index (χ4v) is 3.06. The maximum atomic E-state index is 12.0. The van der Waals surface area contributed by atoms with Gasteiger partial charge in [-0.25, -0.2) is 8.42 Å². The lowest BCUT2D eigenvalue weighted by molar-refractivity contribution is -0.140. The molecule has 7 heteroatoms. The van der Waals surface area contributed by atoms with Gasteiger partial charge in [0.2, 0.25) is 10.0 Å². The van der Waals surface area contributed by atoms with Crippen LogP contribution >= 0.6 is 0 Å². The molecule has 1 N–H and O–H groups in total. The first kappa shape index (κ1) is 17.3. The topological polar surface area (TPSA) is 83.9 Å². The molecule has 0 aliphatic heterocycles. The monoisotopic (exact) mass is 281 g/mol. The Balaban J connectivity index is 4.77. The molecule has 2 atom stereocenters. The largest absolute Gasteiger partial charge is 0.480 e. The number of likely N-dealkylation sites (N-methyl/N-ethyl adjacent to an activating group) is 1. The molecule has 0 rings (SSSR count). The van der Waals surface area contributed by atoms with Gasteiger partial charge in [0, 0.05) is 14.2 Å². The number of methoxy groups -OCH3 is 1. The van der Waals surface area contributed by atoms with Crippen molar-refractivity contribution < 1.29 is 23.1 Å². The Kier molecular flexibility index (Phi) is 6.80. The van der Waals surface area contributed by atoms with E-state index in [0.29, 0.717) is 12.3 Å². The lowest BCUT2D eigenvalue weighted by atomic mass is 10.1. The zero-order chi connectivity index (χ0) is 14.5. The molecule has 6 nitrogen and oxygen atoms in total. The van der Waals surface area contributed by atoms with Crippen molar-refractivity contribution in [1.82, 2.24) is 4.31 Å². The average Bonchev–Trinajstić information content (AvgIpc) is 2.24. The number of nitrogens with zero attached hydrogens (tertiary/aromatic N) is 1. The number of hydrogen-bond acceptors (Lipinski definition) is 4. The fourth-order valence-electron chi connectivity index (χ4n) is 1.51. The second-order valence-electron chi connectivity index (χ2n) is 4.80. The average molecular weight is 281 g/mol. The van der Waals surface area contributed by atoms with E-state index in [1.807, 2.05) is 13.8 Å². The molecule has 0 aromatic heterocycles. The van der Waals surface area contributed by atoms with Crippen molar-refractivity contribution >= 4 is 16.0 Å². The van der Waals surface area contributed by atoms with Gasteiger partial charge in [0.1, 0.15) is 6.04 Å². The summed E-state index contributed by atoms with van der Waals surface area (Å²) in [6.07, 6.45) is 0.198. The van der Waals surface area contributed by atoms with E-state index in [1.165, 1.54) is 21.1 Å². The first-order chi connectivity index (χ1) is 8.11. The zero-order valence-corrected chi connectivity index (χ0v) is 12.4. The third kappa shape index (κ3) is 5.32. The zero-order valence-electron chi connectivity index (χ0n) is 11.6. The Labute approximate surface area is 109 Å². The molecule has 18 heavy (non-hydrogen) atoms. The predicted octanol–water partition coefficient (Wildman–Crippen LogP) is 0.782. The molecule has 0 saturated heterocycles. The van der Waals surface area contributed by atoms with Gasteiger partial charge in [0.25, 0.3) is 0 Å². The van der Waals surface area contributed by atoms with Gasteiger partial charge < -0.3 is 9.84 Å². The molecule has 0 aliphatic rings. The van der Waals surface area contributed by atoms with Crippen molar-refractivity contribution in [3.8, 4) is 0 Å². The molecule has 0 heterocycles. The normalized spacial score (nSPS) is 15.9. The van der Waals surface area contributed by atoms with Crippen molar-refractivity contribution in [3.05, 3.63) is 0 Å². The summed E-state index contributed by atoms with van der Waals surface area (Å²) in [6, 6.07) is -1.08. The molecule has 2 unspecified atom stereocenters. The van der Waals surface area contributed by atoms with Crippen molar-refractivity contribution in [2.45, 2.75) is 39.3 Å². The number of carbonyl (C=O) groups is 1. The predicted molar refractivity (Wildman–Crippen MR) is 68.9 cm³/mol. The second-order valence-corrected chi connectivity index (χ2v) is 6.87. The second kappa shape index (κ2) is 7.06. The molecule has 0 spiro atoms. The van der Waals surface area contributed by atoms with Crippen molar-refractivity contribution in [1.29, 1.82) is 0 Å². The van der Waals surface area contributed by atoms with Gasteiger partial charge in [-0.15, -0.1) is 0 Å². The Hall–Kier alpha value is -0.660. The molecular formula is C11H23NO5S. The number of sulfonamides is 1. The molecule has 0 aliphatic carbocycles. The molecule has 0 saturated carbocycles. The fraction of sp³-hybridized carbons (Fsp3) is 0.909. The first-order valence-corrected chi connectivity index (χ1v) is 7.44. The van der Waals surface area contributed by atoms with Crippen LogP contribution in [0.2, 0.25) is 0 Å². The lowest BCUT2D eigenvalue weighted by Gasteiger charge is -2.24. The number of hydrogen-bond donors (Lipinski definition) is 1. The lowest BCUT2D eigenvalue weighted by Crippen LogP contribution is -2.43. The van der Waals surface area contributed by atoms with Crippen molar-refractivity contribution in [3.63, 3.8) is 0 Å². The molecule has 0 amide bonds. The highest BCUT2D eigenvalue weighted by Crippen LogP contribution is 2.13. The van der Waals surface area contributed by atoms with Crippen molar-refractivity contribution in [2.75, 3.05) is 19.9 Å². The summed E-state index contributed by atoms with van der Waals surface area (Å²) < 4.78 is 30.0. The van der Waals surface area contributed by atoms with Crippen LogP contribution in [0.5, 0.6) is 0 Å². The molecule has 0 aromatic rings. The van der Waals surface area contributed by atoms with E-state index in [1.54, 1.807) is 0 Å². The van der Waals surface area contributed by atoms with Crippen LogP contribution in [-0.2, 0) is 19.6 Å². The van der Waals surface area contributed by atoms with Crippen LogP contribution in [0.1, 0.15) is 27.2 Å². The third-order valence-corrected chi connectivity index (χ3v) is 4.79. The molecule has 0 bridgehead atoms. The van der Waals surface area contributed by atoms with Crippen LogP contribution < -0.4 is 0 Å².